The van der Waals surface area contributed by atoms with E-state index in [9.17, 15) is 10.1 Å². The summed E-state index contributed by atoms with van der Waals surface area (Å²) in [4.78, 5) is 10.6. The molecule has 0 unspecified atom stereocenters. The highest BCUT2D eigenvalue weighted by atomic mass is 79.9. The van der Waals surface area contributed by atoms with Gasteiger partial charge in [0.1, 0.15) is 11.5 Å². The average Bonchev–Trinajstić information content (AvgIpc) is 2.47. The molecule has 0 aliphatic heterocycles. The number of nitro groups is 1. The van der Waals surface area contributed by atoms with E-state index in [4.69, 9.17) is 9.47 Å². The first kappa shape index (κ1) is 15.8. The van der Waals surface area contributed by atoms with E-state index < -0.39 is 4.92 Å². The number of hydrogen-bond donors (Lipinski definition) is 0. The molecule has 0 aliphatic carbocycles. The zero-order valence-electron chi connectivity index (χ0n) is 11.0. The lowest BCUT2D eigenvalue weighted by atomic mass is 10.2. The molecule has 2 rings (SSSR count). The van der Waals surface area contributed by atoms with Crippen molar-refractivity contribution in [1.82, 2.24) is 0 Å². The quantitative estimate of drug-likeness (QED) is 0.388. The molecule has 0 radical (unpaired) electrons. The Kier molecular flexibility index (Phi) is 5.19. The zero-order valence-corrected chi connectivity index (χ0v) is 14.2. The molecule has 2 aromatic rings. The van der Waals surface area contributed by atoms with E-state index in [-0.39, 0.29) is 11.4 Å². The van der Waals surface area contributed by atoms with Gasteiger partial charge in [-0.15, -0.1) is 0 Å². The van der Waals surface area contributed by atoms with Gasteiger partial charge in [0.15, 0.2) is 0 Å². The Labute approximate surface area is 138 Å². The first-order valence-corrected chi connectivity index (χ1v) is 7.81. The normalized spacial score (nSPS) is 10.2. The van der Waals surface area contributed by atoms with Crippen molar-refractivity contribution in [3.05, 3.63) is 56.5 Å². The maximum atomic E-state index is 11.0. The monoisotopic (exact) mass is 415 g/mol. The van der Waals surface area contributed by atoms with E-state index in [1.807, 2.05) is 6.07 Å². The predicted octanol–water partition coefficient (Wildman–Crippen LogP) is 5.05. The highest BCUT2D eigenvalue weighted by Gasteiger charge is 2.17. The van der Waals surface area contributed by atoms with E-state index in [1.165, 1.54) is 25.3 Å². The van der Waals surface area contributed by atoms with Gasteiger partial charge >= 0.3 is 5.69 Å². The van der Waals surface area contributed by atoms with Crippen LogP contribution in [-0.2, 0) is 5.33 Å². The molecular formula is C14H11Br2NO4. The van der Waals surface area contributed by atoms with Crippen LogP contribution in [0.25, 0.3) is 0 Å². The number of rotatable bonds is 5. The third-order valence-corrected chi connectivity index (χ3v) is 4.10. The van der Waals surface area contributed by atoms with Crippen LogP contribution in [0.3, 0.4) is 0 Å². The Morgan fingerprint density at radius 3 is 2.48 bits per heavy atom. The van der Waals surface area contributed by atoms with Crippen molar-refractivity contribution < 1.29 is 14.4 Å². The molecule has 0 saturated carbocycles. The van der Waals surface area contributed by atoms with Crippen molar-refractivity contribution in [2.24, 2.45) is 0 Å². The summed E-state index contributed by atoms with van der Waals surface area (Å²) < 4.78 is 11.6. The van der Waals surface area contributed by atoms with E-state index in [2.05, 4.69) is 31.9 Å². The molecule has 0 bridgehead atoms. The molecule has 0 spiro atoms. The van der Waals surface area contributed by atoms with Crippen LogP contribution >= 0.6 is 31.9 Å². The minimum Gasteiger partial charge on any atom is -0.497 e. The van der Waals surface area contributed by atoms with E-state index in [1.54, 1.807) is 12.1 Å². The van der Waals surface area contributed by atoms with Gasteiger partial charge in [-0.25, -0.2) is 0 Å². The Balaban J connectivity index is 2.37. The lowest BCUT2D eigenvalue weighted by molar-refractivity contribution is -0.385. The Bertz CT molecular complexity index is 676. The minimum absolute atomic E-state index is 0.114. The smallest absolute Gasteiger partial charge is 0.311 e. The molecule has 21 heavy (non-hydrogen) atoms. The molecule has 0 aromatic heterocycles. The zero-order chi connectivity index (χ0) is 15.4. The summed E-state index contributed by atoms with van der Waals surface area (Å²) in [5, 5.41) is 11.7. The van der Waals surface area contributed by atoms with E-state index in [0.29, 0.717) is 16.8 Å². The van der Waals surface area contributed by atoms with Crippen LogP contribution in [-0.4, -0.2) is 12.0 Å². The largest absolute Gasteiger partial charge is 0.497 e. The molecule has 5 nitrogen and oxygen atoms in total. The van der Waals surface area contributed by atoms with Crippen molar-refractivity contribution in [2.45, 2.75) is 5.33 Å². The summed E-state index contributed by atoms with van der Waals surface area (Å²) in [5.41, 5.74) is 0.944. The van der Waals surface area contributed by atoms with Crippen LogP contribution in [0.1, 0.15) is 5.56 Å². The lowest BCUT2D eigenvalue weighted by Gasteiger charge is -2.09. The number of nitro benzene ring substituents is 1. The Morgan fingerprint density at radius 1 is 1.19 bits per heavy atom. The number of nitrogens with zero attached hydrogens (tertiary/aromatic N) is 1. The van der Waals surface area contributed by atoms with Crippen molar-refractivity contribution in [3.8, 4) is 17.2 Å². The molecule has 0 heterocycles. The van der Waals surface area contributed by atoms with Gasteiger partial charge in [-0.1, -0.05) is 37.9 Å². The number of hydrogen-bond acceptors (Lipinski definition) is 4. The van der Waals surface area contributed by atoms with Gasteiger partial charge < -0.3 is 9.47 Å². The molecule has 0 N–H and O–H groups in total. The average molecular weight is 417 g/mol. The number of methoxy groups -OCH3 is 1. The second-order valence-electron chi connectivity index (χ2n) is 4.08. The van der Waals surface area contributed by atoms with Gasteiger partial charge in [0.25, 0.3) is 0 Å². The van der Waals surface area contributed by atoms with Gasteiger partial charge in [0, 0.05) is 21.9 Å². The van der Waals surface area contributed by atoms with Crippen LogP contribution in [0.4, 0.5) is 5.69 Å². The minimum atomic E-state index is -0.489. The summed E-state index contributed by atoms with van der Waals surface area (Å²) in [7, 11) is 1.49. The van der Waals surface area contributed by atoms with E-state index in [0.717, 1.165) is 10.0 Å². The fourth-order valence-electron chi connectivity index (χ4n) is 1.68. The molecule has 2 aromatic carbocycles. The van der Waals surface area contributed by atoms with Gasteiger partial charge in [0.05, 0.1) is 12.0 Å². The fourth-order valence-corrected chi connectivity index (χ4v) is 3.04. The molecule has 110 valence electrons. The van der Waals surface area contributed by atoms with Gasteiger partial charge in [-0.05, 0) is 23.8 Å². The molecular weight excluding hydrogens is 406 g/mol. The highest BCUT2D eigenvalue weighted by Crippen LogP contribution is 2.36. The van der Waals surface area contributed by atoms with Crippen molar-refractivity contribution >= 4 is 37.5 Å². The van der Waals surface area contributed by atoms with E-state index >= 15 is 0 Å². The number of benzene rings is 2. The Morgan fingerprint density at radius 2 is 1.90 bits per heavy atom. The summed E-state index contributed by atoms with van der Waals surface area (Å²) >= 11 is 6.80. The summed E-state index contributed by atoms with van der Waals surface area (Å²) in [6, 6.07) is 9.76. The summed E-state index contributed by atoms with van der Waals surface area (Å²) in [5.74, 6) is 1.13. The van der Waals surface area contributed by atoms with Gasteiger partial charge in [0.2, 0.25) is 5.75 Å². The maximum Gasteiger partial charge on any atom is 0.311 e. The van der Waals surface area contributed by atoms with Crippen LogP contribution < -0.4 is 9.47 Å². The van der Waals surface area contributed by atoms with Crippen LogP contribution in [0.5, 0.6) is 17.2 Å². The SMILES string of the molecule is COc1ccc([N+](=O)[O-])c(Oc2ccc(CBr)c(Br)c2)c1. The van der Waals surface area contributed by atoms with Crippen molar-refractivity contribution in [1.29, 1.82) is 0 Å². The maximum absolute atomic E-state index is 11.0. The molecule has 0 saturated heterocycles. The van der Waals surface area contributed by atoms with Gasteiger partial charge in [-0.3, -0.25) is 10.1 Å². The standard InChI is InChI=1S/C14H11Br2NO4/c1-20-10-4-5-13(17(18)19)14(7-10)21-11-3-2-9(8-15)12(16)6-11/h2-7H,8H2,1H3. The molecule has 7 heteroatoms. The molecule has 0 fully saturated rings. The number of alkyl halides is 1. The van der Waals surface area contributed by atoms with Crippen molar-refractivity contribution in [2.75, 3.05) is 7.11 Å². The first-order valence-electron chi connectivity index (χ1n) is 5.90. The third-order valence-electron chi connectivity index (χ3n) is 2.76. The van der Waals surface area contributed by atoms with Crippen LogP contribution in [0.2, 0.25) is 0 Å². The summed E-state index contributed by atoms with van der Waals surface area (Å²) in [6.07, 6.45) is 0. The second kappa shape index (κ2) is 6.91. The molecule has 0 aliphatic rings. The van der Waals surface area contributed by atoms with Crippen molar-refractivity contribution in [3.63, 3.8) is 0 Å². The molecule has 0 amide bonds. The first-order chi connectivity index (χ1) is 10.0. The second-order valence-corrected chi connectivity index (χ2v) is 5.49. The number of halogens is 2. The Hall–Kier alpha value is -1.60. The third kappa shape index (κ3) is 3.74. The predicted molar refractivity (Wildman–Crippen MR) is 86.5 cm³/mol. The number of ether oxygens (including phenoxy) is 2. The lowest BCUT2D eigenvalue weighted by Crippen LogP contribution is -1.95. The molecule has 0 atom stereocenters. The van der Waals surface area contributed by atoms with Crippen LogP contribution in [0, 0.1) is 10.1 Å². The fraction of sp³-hybridized carbons (Fsp3) is 0.143. The topological polar surface area (TPSA) is 61.6 Å². The summed E-state index contributed by atoms with van der Waals surface area (Å²) in [6.45, 7) is 0. The van der Waals surface area contributed by atoms with Crippen LogP contribution in [0.15, 0.2) is 40.9 Å². The highest BCUT2D eigenvalue weighted by molar-refractivity contribution is 9.10. The van der Waals surface area contributed by atoms with Gasteiger partial charge in [-0.2, -0.15) is 0 Å².